The van der Waals surface area contributed by atoms with Gasteiger partial charge in [0, 0.05) is 31.5 Å². The van der Waals surface area contributed by atoms with Crippen LogP contribution in [0.5, 0.6) is 5.75 Å². The minimum absolute atomic E-state index is 0.0758. The molecule has 2 unspecified atom stereocenters. The molecule has 4 aromatic rings. The summed E-state index contributed by atoms with van der Waals surface area (Å²) < 4.78 is 21.3. The van der Waals surface area contributed by atoms with E-state index < -0.39 is 0 Å². The summed E-state index contributed by atoms with van der Waals surface area (Å²) in [5, 5.41) is 3.47. The van der Waals surface area contributed by atoms with Crippen molar-refractivity contribution in [3.63, 3.8) is 0 Å². The number of benzene rings is 1. The number of fused-ring (bicyclic) bond motifs is 2. The molecule has 1 saturated heterocycles. The molecule has 2 aliphatic heterocycles. The number of anilines is 1. The molecule has 1 fully saturated rings. The first kappa shape index (κ1) is 21.5. The Bertz CT molecular complexity index is 1390. The first-order valence-electron chi connectivity index (χ1n) is 11.9. The third kappa shape index (κ3) is 4.29. The van der Waals surface area contributed by atoms with Crippen LogP contribution in [-0.4, -0.2) is 55.9 Å². The van der Waals surface area contributed by atoms with Crippen molar-refractivity contribution in [3.05, 3.63) is 72.4 Å². The van der Waals surface area contributed by atoms with Crippen LogP contribution in [0.2, 0.25) is 0 Å². The van der Waals surface area contributed by atoms with Gasteiger partial charge in [0.2, 0.25) is 5.91 Å². The first-order chi connectivity index (χ1) is 17.1. The molecule has 3 aromatic heterocycles. The van der Waals surface area contributed by atoms with Crippen LogP contribution in [0.15, 0.2) is 61.1 Å². The number of nitrogens with one attached hydrogen (secondary N) is 1. The molecule has 0 spiro atoms. The summed E-state index contributed by atoms with van der Waals surface area (Å²) in [6.45, 7) is 1.77. The van der Waals surface area contributed by atoms with E-state index in [4.69, 9.17) is 4.74 Å². The zero-order valence-corrected chi connectivity index (χ0v) is 19.1. The minimum Gasteiger partial charge on any atom is -0.492 e. The van der Waals surface area contributed by atoms with E-state index in [9.17, 15) is 9.18 Å². The summed E-state index contributed by atoms with van der Waals surface area (Å²) in [6.07, 6.45) is 7.25. The minimum atomic E-state index is -0.357. The maximum absolute atomic E-state index is 13.8. The second-order valence-corrected chi connectivity index (χ2v) is 9.07. The van der Waals surface area contributed by atoms with Crippen LogP contribution in [0.1, 0.15) is 18.4 Å². The van der Waals surface area contributed by atoms with Gasteiger partial charge in [0.05, 0.1) is 12.1 Å². The van der Waals surface area contributed by atoms with Crippen molar-refractivity contribution in [2.24, 2.45) is 5.92 Å². The number of imidazole rings is 1. The Hall–Kier alpha value is -4.01. The van der Waals surface area contributed by atoms with E-state index in [2.05, 4.69) is 20.3 Å². The van der Waals surface area contributed by atoms with Crippen molar-refractivity contribution in [2.45, 2.75) is 25.3 Å². The average Bonchev–Trinajstić information content (AvgIpc) is 3.31. The molecule has 0 saturated carbocycles. The molecular formula is C26H25FN6O2. The highest BCUT2D eigenvalue weighted by molar-refractivity contribution is 5.80. The van der Waals surface area contributed by atoms with Crippen molar-refractivity contribution < 1.29 is 13.9 Å². The SMILES string of the molecule is O=C(C1COc2ccccc2C1)N1CCCC(Nc2ccnc(-c3cnc4ccc(F)cn34)n2)C1. The molecule has 0 aliphatic carbocycles. The van der Waals surface area contributed by atoms with Gasteiger partial charge in [-0.25, -0.2) is 19.3 Å². The summed E-state index contributed by atoms with van der Waals surface area (Å²) in [6, 6.07) is 12.8. The van der Waals surface area contributed by atoms with Crippen LogP contribution in [-0.2, 0) is 11.2 Å². The number of hydrogen-bond acceptors (Lipinski definition) is 6. The van der Waals surface area contributed by atoms with Gasteiger partial charge in [-0.15, -0.1) is 0 Å². The molecule has 1 amide bonds. The largest absolute Gasteiger partial charge is 0.492 e. The van der Waals surface area contributed by atoms with E-state index in [1.165, 1.54) is 12.3 Å². The number of likely N-dealkylation sites (tertiary alicyclic amines) is 1. The number of hydrogen-bond donors (Lipinski definition) is 1. The van der Waals surface area contributed by atoms with Gasteiger partial charge in [0.15, 0.2) is 5.82 Å². The van der Waals surface area contributed by atoms with Crippen molar-refractivity contribution in [3.8, 4) is 17.3 Å². The maximum Gasteiger partial charge on any atom is 0.229 e. The molecule has 6 rings (SSSR count). The second-order valence-electron chi connectivity index (χ2n) is 9.07. The summed E-state index contributed by atoms with van der Waals surface area (Å²) in [4.78, 5) is 28.5. The number of carbonyl (C=O) groups excluding carboxylic acids is 1. The normalized spacial score (nSPS) is 19.7. The zero-order chi connectivity index (χ0) is 23.8. The van der Waals surface area contributed by atoms with E-state index in [1.807, 2.05) is 29.2 Å². The third-order valence-electron chi connectivity index (χ3n) is 6.67. The van der Waals surface area contributed by atoms with Gasteiger partial charge in [-0.2, -0.15) is 0 Å². The summed E-state index contributed by atoms with van der Waals surface area (Å²) in [5.74, 6) is 1.62. The number of amides is 1. The van der Waals surface area contributed by atoms with Gasteiger partial charge in [0.25, 0.3) is 0 Å². The van der Waals surface area contributed by atoms with Crippen LogP contribution in [0.4, 0.5) is 10.2 Å². The highest BCUT2D eigenvalue weighted by Crippen LogP contribution is 2.29. The number of para-hydroxylation sites is 1. The number of pyridine rings is 1. The molecule has 2 aliphatic rings. The monoisotopic (exact) mass is 472 g/mol. The van der Waals surface area contributed by atoms with Crippen LogP contribution in [0, 0.1) is 11.7 Å². The Balaban J connectivity index is 1.15. The Morgan fingerprint density at radius 2 is 2.06 bits per heavy atom. The number of halogens is 1. The lowest BCUT2D eigenvalue weighted by Crippen LogP contribution is -2.49. The molecule has 0 radical (unpaired) electrons. The quantitative estimate of drug-likeness (QED) is 0.489. The number of ether oxygens (including phenoxy) is 1. The number of aromatic nitrogens is 4. The standard InChI is InChI=1S/C26H25FN6O2/c27-19-7-8-24-29-13-21(33(24)14-19)25-28-10-9-23(31-25)30-20-5-3-11-32(15-20)26(34)18-12-17-4-1-2-6-22(17)35-16-18/h1-2,4,6-10,13-14,18,20H,3,5,11-12,15-16H2,(H,28,30,31). The van der Waals surface area contributed by atoms with Gasteiger partial charge in [-0.05, 0) is 49.1 Å². The summed E-state index contributed by atoms with van der Waals surface area (Å²) >= 11 is 0. The summed E-state index contributed by atoms with van der Waals surface area (Å²) in [7, 11) is 0. The Kier molecular flexibility index (Phi) is 5.52. The maximum atomic E-state index is 13.8. The van der Waals surface area contributed by atoms with E-state index in [1.54, 1.807) is 28.9 Å². The fourth-order valence-corrected chi connectivity index (χ4v) is 4.93. The number of carbonyl (C=O) groups is 1. The van der Waals surface area contributed by atoms with Crippen LogP contribution in [0.25, 0.3) is 17.2 Å². The van der Waals surface area contributed by atoms with Gasteiger partial charge in [-0.1, -0.05) is 18.2 Å². The molecule has 8 nitrogen and oxygen atoms in total. The molecular weight excluding hydrogens is 447 g/mol. The third-order valence-corrected chi connectivity index (χ3v) is 6.67. The van der Waals surface area contributed by atoms with Crippen molar-refractivity contribution in [1.82, 2.24) is 24.3 Å². The average molecular weight is 473 g/mol. The van der Waals surface area contributed by atoms with Crippen molar-refractivity contribution in [1.29, 1.82) is 0 Å². The molecule has 178 valence electrons. The van der Waals surface area contributed by atoms with Gasteiger partial charge < -0.3 is 15.0 Å². The number of piperidine rings is 1. The first-order valence-corrected chi connectivity index (χ1v) is 11.9. The van der Waals surface area contributed by atoms with Gasteiger partial charge in [0.1, 0.15) is 35.3 Å². The number of rotatable bonds is 4. The molecule has 1 N–H and O–H groups in total. The molecule has 2 atom stereocenters. The molecule has 1 aromatic carbocycles. The lowest BCUT2D eigenvalue weighted by Gasteiger charge is -2.36. The Morgan fingerprint density at radius 1 is 1.14 bits per heavy atom. The lowest BCUT2D eigenvalue weighted by molar-refractivity contribution is -0.138. The summed E-state index contributed by atoms with van der Waals surface area (Å²) in [5.41, 5.74) is 2.32. The highest BCUT2D eigenvalue weighted by Gasteiger charge is 2.32. The van der Waals surface area contributed by atoms with Crippen molar-refractivity contribution >= 4 is 17.4 Å². The van der Waals surface area contributed by atoms with Gasteiger partial charge >= 0.3 is 0 Å². The van der Waals surface area contributed by atoms with Crippen LogP contribution >= 0.6 is 0 Å². The van der Waals surface area contributed by atoms with Crippen LogP contribution < -0.4 is 10.1 Å². The fraction of sp³-hybridized carbons (Fsp3) is 0.308. The molecule has 9 heteroatoms. The van der Waals surface area contributed by atoms with E-state index in [0.717, 1.165) is 30.7 Å². The highest BCUT2D eigenvalue weighted by atomic mass is 19.1. The van der Waals surface area contributed by atoms with Crippen molar-refractivity contribution in [2.75, 3.05) is 25.0 Å². The Morgan fingerprint density at radius 3 is 3.00 bits per heavy atom. The Labute approximate surface area is 201 Å². The lowest BCUT2D eigenvalue weighted by atomic mass is 9.94. The smallest absolute Gasteiger partial charge is 0.229 e. The predicted molar refractivity (Wildman–Crippen MR) is 129 cm³/mol. The topological polar surface area (TPSA) is 84.6 Å². The molecule has 0 bridgehead atoms. The van der Waals surface area contributed by atoms with E-state index in [-0.39, 0.29) is 23.7 Å². The second kappa shape index (κ2) is 8.98. The molecule has 5 heterocycles. The fourth-order valence-electron chi connectivity index (χ4n) is 4.93. The van der Waals surface area contributed by atoms with E-state index in [0.29, 0.717) is 42.6 Å². The van der Waals surface area contributed by atoms with Crippen LogP contribution in [0.3, 0.4) is 0 Å². The van der Waals surface area contributed by atoms with Gasteiger partial charge in [-0.3, -0.25) is 9.20 Å². The van der Waals surface area contributed by atoms with E-state index >= 15 is 0 Å². The zero-order valence-electron chi connectivity index (χ0n) is 19.1. The molecule has 35 heavy (non-hydrogen) atoms. The number of nitrogens with zero attached hydrogens (tertiary/aromatic N) is 5. The predicted octanol–water partition coefficient (Wildman–Crippen LogP) is 3.58.